The van der Waals surface area contributed by atoms with E-state index in [0.29, 0.717) is 17.9 Å². The van der Waals surface area contributed by atoms with Gasteiger partial charge in [0, 0.05) is 0 Å². The van der Waals surface area contributed by atoms with E-state index in [2.05, 4.69) is 6.92 Å². The van der Waals surface area contributed by atoms with Crippen molar-refractivity contribution in [2.45, 2.75) is 71.1 Å². The van der Waals surface area contributed by atoms with E-state index in [1.54, 1.807) is 0 Å². The first-order valence-electron chi connectivity index (χ1n) is 10.9. The molecule has 1 fully saturated rings. The zero-order valence-corrected chi connectivity index (χ0v) is 17.1. The second-order valence-electron chi connectivity index (χ2n) is 8.48. The molecule has 158 valence electrons. The zero-order valence-electron chi connectivity index (χ0n) is 17.1. The highest BCUT2D eigenvalue weighted by Gasteiger charge is 2.21. The van der Waals surface area contributed by atoms with E-state index in [-0.39, 0.29) is 11.1 Å². The van der Waals surface area contributed by atoms with Gasteiger partial charge in [0.2, 0.25) is 0 Å². The molecule has 0 aromatic heterocycles. The van der Waals surface area contributed by atoms with Gasteiger partial charge in [0.25, 0.3) is 0 Å². The molecule has 0 N–H and O–H groups in total. The van der Waals surface area contributed by atoms with Gasteiger partial charge >= 0.3 is 0 Å². The van der Waals surface area contributed by atoms with E-state index in [1.807, 2.05) is 0 Å². The summed E-state index contributed by atoms with van der Waals surface area (Å²) in [6.07, 6.45) is 11.8. The fourth-order valence-electron chi connectivity index (χ4n) is 4.56. The first-order chi connectivity index (χ1) is 14.0. The number of rotatable bonds is 8. The van der Waals surface area contributed by atoms with E-state index in [9.17, 15) is 17.6 Å². The highest BCUT2D eigenvalue weighted by molar-refractivity contribution is 5.65. The molecule has 1 saturated carbocycles. The molecule has 0 aliphatic heterocycles. The van der Waals surface area contributed by atoms with Gasteiger partial charge in [-0.25, -0.2) is 17.6 Å². The van der Waals surface area contributed by atoms with Crippen LogP contribution in [0.25, 0.3) is 11.1 Å². The molecule has 4 heteroatoms. The van der Waals surface area contributed by atoms with Gasteiger partial charge in [-0.1, -0.05) is 64.4 Å². The molecule has 2 aromatic carbocycles. The number of benzene rings is 2. The molecule has 0 atom stereocenters. The molecule has 0 nitrogen and oxygen atoms in total. The van der Waals surface area contributed by atoms with Gasteiger partial charge < -0.3 is 0 Å². The summed E-state index contributed by atoms with van der Waals surface area (Å²) in [7, 11) is 0. The summed E-state index contributed by atoms with van der Waals surface area (Å²) in [6.45, 7) is 2.23. The Balaban J connectivity index is 1.57. The van der Waals surface area contributed by atoms with Crippen LogP contribution in [0.1, 0.15) is 70.3 Å². The Morgan fingerprint density at radius 2 is 1.34 bits per heavy atom. The normalized spacial score (nSPS) is 19.5. The number of hydrogen-bond donors (Lipinski definition) is 0. The van der Waals surface area contributed by atoms with Gasteiger partial charge in [-0.15, -0.1) is 0 Å². The maximum absolute atomic E-state index is 14.5. The standard InChI is InChI=1S/C25H30F4/c1-2-3-4-5-17-6-8-18(9-7-17)10-11-19-14-23(28)25(24(29)15-19)20-12-13-21(26)22(27)16-20/h12-18H,2-11H2,1H3. The first-order valence-corrected chi connectivity index (χ1v) is 10.9. The third kappa shape index (κ3) is 5.83. The molecule has 0 unspecified atom stereocenters. The summed E-state index contributed by atoms with van der Waals surface area (Å²) in [5.41, 5.74) is 0.323. The average Bonchev–Trinajstić information content (AvgIpc) is 2.70. The van der Waals surface area contributed by atoms with Crippen LogP contribution >= 0.6 is 0 Å². The molecule has 0 bridgehead atoms. The molecule has 0 spiro atoms. The van der Waals surface area contributed by atoms with Crippen molar-refractivity contribution in [1.82, 2.24) is 0 Å². The van der Waals surface area contributed by atoms with E-state index in [0.717, 1.165) is 24.5 Å². The Labute approximate surface area is 171 Å². The van der Waals surface area contributed by atoms with Gasteiger partial charge in [0.05, 0.1) is 5.56 Å². The van der Waals surface area contributed by atoms with Crippen LogP contribution in [0.4, 0.5) is 17.6 Å². The fraction of sp³-hybridized carbons (Fsp3) is 0.520. The third-order valence-electron chi connectivity index (χ3n) is 6.33. The summed E-state index contributed by atoms with van der Waals surface area (Å²) in [4.78, 5) is 0. The molecular weight excluding hydrogens is 376 g/mol. The minimum atomic E-state index is -1.12. The molecule has 0 heterocycles. The summed E-state index contributed by atoms with van der Waals surface area (Å²) in [6, 6.07) is 5.57. The van der Waals surface area contributed by atoms with Crippen LogP contribution < -0.4 is 0 Å². The van der Waals surface area contributed by atoms with Crippen LogP contribution in [-0.4, -0.2) is 0 Å². The van der Waals surface area contributed by atoms with Gasteiger partial charge in [0.15, 0.2) is 11.6 Å². The molecular formula is C25H30F4. The predicted molar refractivity (Wildman–Crippen MR) is 110 cm³/mol. The van der Waals surface area contributed by atoms with E-state index in [4.69, 9.17) is 0 Å². The predicted octanol–water partition coefficient (Wildman–Crippen LogP) is 8.23. The van der Waals surface area contributed by atoms with Gasteiger partial charge in [-0.05, 0) is 60.1 Å². The number of aryl methyl sites for hydroxylation is 1. The molecule has 0 amide bonds. The fourth-order valence-corrected chi connectivity index (χ4v) is 4.56. The molecule has 2 aromatic rings. The lowest BCUT2D eigenvalue weighted by atomic mass is 9.77. The van der Waals surface area contributed by atoms with Gasteiger partial charge in [-0.3, -0.25) is 0 Å². The van der Waals surface area contributed by atoms with Crippen LogP contribution in [0.2, 0.25) is 0 Å². The lowest BCUT2D eigenvalue weighted by molar-refractivity contribution is 0.249. The van der Waals surface area contributed by atoms with Crippen LogP contribution in [-0.2, 0) is 6.42 Å². The minimum absolute atomic E-state index is 0.00634. The van der Waals surface area contributed by atoms with Crippen molar-refractivity contribution in [3.8, 4) is 11.1 Å². The van der Waals surface area contributed by atoms with Crippen LogP contribution in [0, 0.1) is 35.1 Å². The number of unbranched alkanes of at least 4 members (excludes halogenated alkanes) is 2. The summed E-state index contributed by atoms with van der Waals surface area (Å²) in [5, 5.41) is 0. The average molecular weight is 407 g/mol. The monoisotopic (exact) mass is 406 g/mol. The van der Waals surface area contributed by atoms with Crippen molar-refractivity contribution in [2.75, 3.05) is 0 Å². The molecule has 1 aliphatic carbocycles. The highest BCUT2D eigenvalue weighted by Crippen LogP contribution is 2.35. The summed E-state index contributed by atoms with van der Waals surface area (Å²) >= 11 is 0. The molecule has 0 radical (unpaired) electrons. The maximum atomic E-state index is 14.5. The van der Waals surface area contributed by atoms with Gasteiger partial charge in [0.1, 0.15) is 11.6 Å². The summed E-state index contributed by atoms with van der Waals surface area (Å²) in [5.74, 6) is -2.14. The Morgan fingerprint density at radius 1 is 0.724 bits per heavy atom. The smallest absolute Gasteiger partial charge is 0.159 e. The van der Waals surface area contributed by atoms with Crippen LogP contribution in [0.15, 0.2) is 30.3 Å². The zero-order chi connectivity index (χ0) is 20.8. The van der Waals surface area contributed by atoms with Crippen molar-refractivity contribution in [3.63, 3.8) is 0 Å². The van der Waals surface area contributed by atoms with Crippen molar-refractivity contribution in [1.29, 1.82) is 0 Å². The lowest BCUT2D eigenvalue weighted by Gasteiger charge is -2.28. The van der Waals surface area contributed by atoms with Crippen molar-refractivity contribution < 1.29 is 17.6 Å². The minimum Gasteiger partial charge on any atom is -0.206 e. The number of hydrogen-bond acceptors (Lipinski definition) is 0. The topological polar surface area (TPSA) is 0 Å². The highest BCUT2D eigenvalue weighted by atomic mass is 19.2. The Bertz CT molecular complexity index is 783. The SMILES string of the molecule is CCCCCC1CCC(CCc2cc(F)c(-c3ccc(F)c(F)c3)c(F)c2)CC1. The van der Waals surface area contributed by atoms with Crippen LogP contribution in [0.3, 0.4) is 0 Å². The second-order valence-corrected chi connectivity index (χ2v) is 8.48. The third-order valence-corrected chi connectivity index (χ3v) is 6.33. The second kappa shape index (κ2) is 10.3. The van der Waals surface area contributed by atoms with E-state index < -0.39 is 23.3 Å². The largest absolute Gasteiger partial charge is 0.206 e. The van der Waals surface area contributed by atoms with Crippen molar-refractivity contribution in [3.05, 3.63) is 59.2 Å². The number of halogens is 4. The summed E-state index contributed by atoms with van der Waals surface area (Å²) < 4.78 is 55.6. The Kier molecular flexibility index (Phi) is 7.74. The Hall–Kier alpha value is -1.84. The quantitative estimate of drug-likeness (QED) is 0.306. The van der Waals surface area contributed by atoms with Crippen LogP contribution in [0.5, 0.6) is 0 Å². The van der Waals surface area contributed by atoms with E-state index >= 15 is 0 Å². The van der Waals surface area contributed by atoms with Gasteiger partial charge in [-0.2, -0.15) is 0 Å². The van der Waals surface area contributed by atoms with Crippen molar-refractivity contribution in [2.24, 2.45) is 11.8 Å². The molecule has 0 saturated heterocycles. The van der Waals surface area contributed by atoms with Crippen molar-refractivity contribution >= 4 is 0 Å². The molecule has 3 rings (SSSR count). The molecule has 29 heavy (non-hydrogen) atoms. The van der Waals surface area contributed by atoms with E-state index in [1.165, 1.54) is 69.6 Å². The lowest BCUT2D eigenvalue weighted by Crippen LogP contribution is -2.15. The maximum Gasteiger partial charge on any atom is 0.159 e. The first kappa shape index (κ1) is 21.9. The molecule has 1 aliphatic rings. The Morgan fingerprint density at radius 3 is 1.93 bits per heavy atom.